The minimum absolute atomic E-state index is 0.0817. The number of hydrogen-bond acceptors (Lipinski definition) is 4. The average Bonchev–Trinajstić information content (AvgIpc) is 2.54. The van der Waals surface area contributed by atoms with E-state index >= 15 is 0 Å². The number of amides is 1. The lowest BCUT2D eigenvalue weighted by Crippen LogP contribution is -2.56. The van der Waals surface area contributed by atoms with E-state index in [-0.39, 0.29) is 17.0 Å². The van der Waals surface area contributed by atoms with Gasteiger partial charge in [-0.1, -0.05) is 6.92 Å². The van der Waals surface area contributed by atoms with E-state index in [0.717, 1.165) is 32.7 Å². The average molecular weight is 293 g/mol. The number of carbonyl (C=O) groups excluding carboxylic acids is 1. The standard InChI is InChI=1S/C15H23N3O3/c1-3-15(2,18-6-8-21-9-7-18)11-17-14(20)12-4-5-13(19)16-10-12/h4-5,10H,3,6-9,11H2,1-2H3,(H,16,19)(H,17,20). The first kappa shape index (κ1) is 15.7. The van der Waals surface area contributed by atoms with E-state index in [1.54, 1.807) is 0 Å². The van der Waals surface area contributed by atoms with Crippen molar-refractivity contribution in [2.75, 3.05) is 32.8 Å². The molecular weight excluding hydrogens is 270 g/mol. The van der Waals surface area contributed by atoms with Gasteiger partial charge < -0.3 is 15.0 Å². The van der Waals surface area contributed by atoms with Crippen molar-refractivity contribution in [2.24, 2.45) is 0 Å². The summed E-state index contributed by atoms with van der Waals surface area (Å²) in [7, 11) is 0. The van der Waals surface area contributed by atoms with Gasteiger partial charge in [0.05, 0.1) is 18.8 Å². The van der Waals surface area contributed by atoms with Crippen molar-refractivity contribution in [2.45, 2.75) is 25.8 Å². The number of hydrogen-bond donors (Lipinski definition) is 2. The highest BCUT2D eigenvalue weighted by molar-refractivity contribution is 5.93. The largest absolute Gasteiger partial charge is 0.379 e. The van der Waals surface area contributed by atoms with E-state index in [4.69, 9.17) is 4.74 Å². The van der Waals surface area contributed by atoms with Gasteiger partial charge in [0.15, 0.2) is 0 Å². The fourth-order valence-corrected chi connectivity index (χ4v) is 2.49. The van der Waals surface area contributed by atoms with E-state index in [2.05, 4.69) is 29.0 Å². The Kier molecular flexibility index (Phi) is 5.14. The van der Waals surface area contributed by atoms with Crippen LogP contribution in [0.25, 0.3) is 0 Å². The van der Waals surface area contributed by atoms with Crippen LogP contribution in [0, 0.1) is 0 Å². The molecule has 0 radical (unpaired) electrons. The van der Waals surface area contributed by atoms with Crippen molar-refractivity contribution in [1.82, 2.24) is 15.2 Å². The molecule has 1 unspecified atom stereocenters. The quantitative estimate of drug-likeness (QED) is 0.834. The van der Waals surface area contributed by atoms with Crippen LogP contribution in [0.4, 0.5) is 0 Å². The molecule has 0 spiro atoms. The number of nitrogens with zero attached hydrogens (tertiary/aromatic N) is 1. The predicted octanol–water partition coefficient (Wildman–Crippen LogP) is 0.606. The molecule has 2 N–H and O–H groups in total. The van der Waals surface area contributed by atoms with Gasteiger partial charge >= 0.3 is 0 Å². The smallest absolute Gasteiger partial charge is 0.252 e. The first-order chi connectivity index (χ1) is 10.0. The third-order valence-electron chi connectivity index (χ3n) is 4.21. The fourth-order valence-electron chi connectivity index (χ4n) is 2.49. The zero-order chi connectivity index (χ0) is 15.3. The van der Waals surface area contributed by atoms with Crippen molar-refractivity contribution in [3.63, 3.8) is 0 Å². The number of aromatic nitrogens is 1. The monoisotopic (exact) mass is 293 g/mol. The molecule has 1 saturated heterocycles. The molecule has 1 amide bonds. The molecule has 2 heterocycles. The maximum atomic E-state index is 12.1. The van der Waals surface area contributed by atoms with Gasteiger partial charge in [0.25, 0.3) is 5.91 Å². The zero-order valence-corrected chi connectivity index (χ0v) is 12.6. The third-order valence-corrected chi connectivity index (χ3v) is 4.21. The van der Waals surface area contributed by atoms with Gasteiger partial charge in [-0.25, -0.2) is 0 Å². The zero-order valence-electron chi connectivity index (χ0n) is 12.6. The molecule has 1 atom stereocenters. The number of nitrogens with one attached hydrogen (secondary N) is 2. The minimum atomic E-state index is -0.210. The predicted molar refractivity (Wildman–Crippen MR) is 80.5 cm³/mol. The summed E-state index contributed by atoms with van der Waals surface area (Å²) in [5, 5.41) is 2.96. The van der Waals surface area contributed by atoms with Crippen molar-refractivity contribution in [3.05, 3.63) is 34.2 Å². The first-order valence-electron chi connectivity index (χ1n) is 7.35. The molecule has 21 heavy (non-hydrogen) atoms. The molecule has 1 aliphatic rings. The fraction of sp³-hybridized carbons (Fsp3) is 0.600. The molecule has 0 aliphatic carbocycles. The maximum Gasteiger partial charge on any atom is 0.252 e. The molecule has 6 nitrogen and oxygen atoms in total. The van der Waals surface area contributed by atoms with Crippen molar-refractivity contribution >= 4 is 5.91 Å². The number of H-pyrrole nitrogens is 1. The van der Waals surface area contributed by atoms with E-state index in [0.29, 0.717) is 12.1 Å². The molecule has 1 aromatic heterocycles. The summed E-state index contributed by atoms with van der Waals surface area (Å²) in [6.45, 7) is 8.11. The lowest BCUT2D eigenvalue weighted by Gasteiger charge is -2.43. The van der Waals surface area contributed by atoms with Crippen molar-refractivity contribution < 1.29 is 9.53 Å². The van der Waals surface area contributed by atoms with E-state index in [1.807, 2.05) is 0 Å². The van der Waals surface area contributed by atoms with E-state index < -0.39 is 0 Å². The highest BCUT2D eigenvalue weighted by Crippen LogP contribution is 2.20. The van der Waals surface area contributed by atoms with Crippen LogP contribution in [0.3, 0.4) is 0 Å². The van der Waals surface area contributed by atoms with Crippen LogP contribution in [0.15, 0.2) is 23.1 Å². The molecule has 0 aromatic carbocycles. The Bertz CT molecular complexity index is 517. The number of pyridine rings is 1. The van der Waals surface area contributed by atoms with Gasteiger partial charge in [-0.3, -0.25) is 14.5 Å². The number of ether oxygens (including phenoxy) is 1. The van der Waals surface area contributed by atoms with Crippen molar-refractivity contribution in [1.29, 1.82) is 0 Å². The van der Waals surface area contributed by atoms with Crippen LogP contribution < -0.4 is 10.9 Å². The minimum Gasteiger partial charge on any atom is -0.379 e. The Morgan fingerprint density at radius 3 is 2.71 bits per heavy atom. The van der Waals surface area contributed by atoms with Gasteiger partial charge in [-0.15, -0.1) is 0 Å². The number of morpholine rings is 1. The first-order valence-corrected chi connectivity index (χ1v) is 7.35. The molecule has 2 rings (SSSR count). The third kappa shape index (κ3) is 3.92. The second-order valence-corrected chi connectivity index (χ2v) is 5.57. The molecule has 0 saturated carbocycles. The highest BCUT2D eigenvalue weighted by atomic mass is 16.5. The van der Waals surface area contributed by atoms with Gasteiger partial charge in [0, 0.05) is 37.4 Å². The molecule has 1 aliphatic heterocycles. The summed E-state index contributed by atoms with van der Waals surface area (Å²) in [4.78, 5) is 28.0. The Balaban J connectivity index is 1.97. The van der Waals surface area contributed by atoms with Crippen LogP contribution in [0.2, 0.25) is 0 Å². The van der Waals surface area contributed by atoms with Gasteiger partial charge in [-0.05, 0) is 19.4 Å². The summed E-state index contributed by atoms with van der Waals surface area (Å²) < 4.78 is 5.38. The normalized spacial score (nSPS) is 19.0. The van der Waals surface area contributed by atoms with Gasteiger partial charge in [0.1, 0.15) is 0 Å². The second-order valence-electron chi connectivity index (χ2n) is 5.57. The Morgan fingerprint density at radius 1 is 1.43 bits per heavy atom. The van der Waals surface area contributed by atoms with Crippen LogP contribution in [0.1, 0.15) is 30.6 Å². The summed E-state index contributed by atoms with van der Waals surface area (Å²) in [6, 6.07) is 2.89. The Hall–Kier alpha value is -1.66. The van der Waals surface area contributed by atoms with E-state index in [1.165, 1.54) is 18.3 Å². The topological polar surface area (TPSA) is 74.4 Å². The Labute approximate surface area is 124 Å². The molecule has 1 aromatic rings. The summed E-state index contributed by atoms with van der Waals surface area (Å²) in [5.41, 5.74) is 0.176. The molecule has 116 valence electrons. The SMILES string of the molecule is CCC(C)(CNC(=O)c1ccc(=O)[nH]c1)N1CCOCC1. The maximum absolute atomic E-state index is 12.1. The number of rotatable bonds is 5. The molecular formula is C15H23N3O3. The summed E-state index contributed by atoms with van der Waals surface area (Å²) >= 11 is 0. The van der Waals surface area contributed by atoms with Crippen LogP contribution >= 0.6 is 0 Å². The second kappa shape index (κ2) is 6.87. The molecule has 1 fully saturated rings. The lowest BCUT2D eigenvalue weighted by molar-refractivity contribution is -0.0169. The Morgan fingerprint density at radius 2 is 2.14 bits per heavy atom. The van der Waals surface area contributed by atoms with Gasteiger partial charge in [0.2, 0.25) is 5.56 Å². The van der Waals surface area contributed by atoms with Gasteiger partial charge in [-0.2, -0.15) is 0 Å². The summed E-state index contributed by atoms with van der Waals surface area (Å²) in [6.07, 6.45) is 2.38. The number of carbonyl (C=O) groups is 1. The van der Waals surface area contributed by atoms with Crippen molar-refractivity contribution in [3.8, 4) is 0 Å². The van der Waals surface area contributed by atoms with Crippen LogP contribution in [-0.4, -0.2) is 54.2 Å². The summed E-state index contributed by atoms with van der Waals surface area (Å²) in [5.74, 6) is -0.167. The molecule has 6 heteroatoms. The number of aromatic amines is 1. The highest BCUT2D eigenvalue weighted by Gasteiger charge is 2.31. The van der Waals surface area contributed by atoms with Crippen LogP contribution in [-0.2, 0) is 4.74 Å². The van der Waals surface area contributed by atoms with E-state index in [9.17, 15) is 9.59 Å². The van der Waals surface area contributed by atoms with Crippen LogP contribution in [0.5, 0.6) is 0 Å². The lowest BCUT2D eigenvalue weighted by atomic mass is 9.95. The molecule has 0 bridgehead atoms.